The summed E-state index contributed by atoms with van der Waals surface area (Å²) in [7, 11) is -3.99. The number of rotatable bonds is 4. The highest BCUT2D eigenvalue weighted by atomic mass is 32.2. The second-order valence-corrected chi connectivity index (χ2v) is 10.7. The average Bonchev–Trinajstić information content (AvgIpc) is 3.22. The van der Waals surface area contributed by atoms with E-state index in [4.69, 9.17) is 0 Å². The van der Waals surface area contributed by atoms with Crippen LogP contribution in [0.2, 0.25) is 0 Å². The third kappa shape index (κ3) is 3.75. The monoisotopic (exact) mass is 453 g/mol. The lowest BCUT2D eigenvalue weighted by Crippen LogP contribution is -2.46. The van der Waals surface area contributed by atoms with Crippen molar-refractivity contribution in [3.8, 4) is 0 Å². The quantitative estimate of drug-likeness (QED) is 0.645. The van der Waals surface area contributed by atoms with E-state index < -0.39 is 26.3 Å². The molecule has 0 amide bonds. The summed E-state index contributed by atoms with van der Waals surface area (Å²) in [6.07, 6.45) is -0.501. The van der Waals surface area contributed by atoms with Crippen molar-refractivity contribution in [2.24, 2.45) is 5.92 Å². The highest BCUT2D eigenvalue weighted by Crippen LogP contribution is 2.40. The Balaban J connectivity index is 1.55. The van der Waals surface area contributed by atoms with Crippen molar-refractivity contribution >= 4 is 26.8 Å². The first kappa shape index (κ1) is 21.5. The van der Waals surface area contributed by atoms with Crippen LogP contribution < -0.4 is 4.90 Å². The van der Waals surface area contributed by atoms with Crippen molar-refractivity contribution in [2.75, 3.05) is 18.0 Å². The van der Waals surface area contributed by atoms with E-state index in [0.717, 1.165) is 23.7 Å². The van der Waals surface area contributed by atoms with E-state index >= 15 is 0 Å². The Hall–Kier alpha value is -2.69. The number of piperidine rings is 1. The molecule has 3 aromatic rings. The number of aromatic nitrogens is 4. The first-order valence-corrected chi connectivity index (χ1v) is 11.3. The predicted molar refractivity (Wildman–Crippen MR) is 109 cm³/mol. The molecule has 11 heteroatoms. The summed E-state index contributed by atoms with van der Waals surface area (Å²) in [6, 6.07) is 3.97. The van der Waals surface area contributed by atoms with Crippen LogP contribution in [0.1, 0.15) is 32.3 Å². The molecule has 3 heterocycles. The number of H-pyrrole nitrogens is 1. The van der Waals surface area contributed by atoms with Crippen LogP contribution in [0.4, 0.5) is 19.0 Å². The normalized spacial score (nSPS) is 16.7. The Labute approximate surface area is 177 Å². The molecule has 7 nitrogen and oxygen atoms in total. The molecule has 0 spiro atoms. The summed E-state index contributed by atoms with van der Waals surface area (Å²) < 4.78 is 64.6. The predicted octanol–water partition coefficient (Wildman–Crippen LogP) is 3.84. The summed E-state index contributed by atoms with van der Waals surface area (Å²) in [5.41, 5.74) is 0.308. The van der Waals surface area contributed by atoms with Gasteiger partial charge in [-0.1, -0.05) is 6.07 Å². The van der Waals surface area contributed by atoms with Gasteiger partial charge in [-0.15, -0.1) is 0 Å². The summed E-state index contributed by atoms with van der Waals surface area (Å²) in [4.78, 5) is 17.3. The van der Waals surface area contributed by atoms with Crippen LogP contribution in [0, 0.1) is 5.92 Å². The molecule has 0 atom stereocenters. The Kier molecular flexibility index (Phi) is 5.19. The number of sulfone groups is 1. The van der Waals surface area contributed by atoms with Gasteiger partial charge in [-0.25, -0.2) is 23.4 Å². The largest absolute Gasteiger partial charge is 0.416 e. The summed E-state index contributed by atoms with van der Waals surface area (Å²) in [5.74, 6) is 0.488. The van der Waals surface area contributed by atoms with E-state index in [-0.39, 0.29) is 10.8 Å². The number of nitrogens with one attached hydrogen (secondary N) is 1. The van der Waals surface area contributed by atoms with Gasteiger partial charge in [0.25, 0.3) is 0 Å². The highest BCUT2D eigenvalue weighted by Gasteiger charge is 2.44. The maximum Gasteiger partial charge on any atom is 0.416 e. The van der Waals surface area contributed by atoms with E-state index in [1.54, 1.807) is 20.2 Å². The molecule has 1 aliphatic rings. The van der Waals surface area contributed by atoms with Crippen LogP contribution in [-0.4, -0.2) is 46.2 Å². The number of halogens is 3. The second-order valence-electron chi connectivity index (χ2n) is 8.19. The molecule has 2 aromatic heterocycles. The number of anilines is 1. The Morgan fingerprint density at radius 2 is 1.81 bits per heavy atom. The molecule has 1 fully saturated rings. The van der Waals surface area contributed by atoms with E-state index in [1.807, 2.05) is 4.90 Å². The number of hydrogen-bond donors (Lipinski definition) is 1. The molecule has 0 unspecified atom stereocenters. The summed E-state index contributed by atoms with van der Waals surface area (Å²) >= 11 is 0. The molecule has 0 saturated carbocycles. The third-order valence-electron chi connectivity index (χ3n) is 6.14. The van der Waals surface area contributed by atoms with Crippen molar-refractivity contribution in [1.82, 2.24) is 19.9 Å². The highest BCUT2D eigenvalue weighted by molar-refractivity contribution is 7.92. The van der Waals surface area contributed by atoms with Crippen LogP contribution in [0.15, 0.2) is 41.8 Å². The van der Waals surface area contributed by atoms with Gasteiger partial charge in [-0.05, 0) is 50.8 Å². The molecule has 31 heavy (non-hydrogen) atoms. The number of aromatic amines is 1. The second kappa shape index (κ2) is 7.47. The Morgan fingerprint density at radius 1 is 1.10 bits per heavy atom. The summed E-state index contributed by atoms with van der Waals surface area (Å²) in [5, 5.41) is 0. The van der Waals surface area contributed by atoms with Gasteiger partial charge in [-0.2, -0.15) is 13.2 Å². The van der Waals surface area contributed by atoms with Gasteiger partial charge in [0.15, 0.2) is 21.3 Å². The summed E-state index contributed by atoms with van der Waals surface area (Å²) in [6.45, 7) is 4.33. The van der Waals surface area contributed by atoms with Crippen LogP contribution in [-0.2, 0) is 16.0 Å². The van der Waals surface area contributed by atoms with Crippen LogP contribution >= 0.6 is 0 Å². The van der Waals surface area contributed by atoms with Crippen LogP contribution in [0.5, 0.6) is 0 Å². The number of fused-ring (bicyclic) bond motifs is 1. The van der Waals surface area contributed by atoms with Crippen molar-refractivity contribution in [1.29, 1.82) is 0 Å². The number of nitrogens with zero attached hydrogens (tertiary/aromatic N) is 4. The van der Waals surface area contributed by atoms with Gasteiger partial charge in [0.1, 0.15) is 11.8 Å². The minimum atomic E-state index is -4.60. The zero-order valence-electron chi connectivity index (χ0n) is 17.0. The number of benzene rings is 1. The first-order valence-electron chi connectivity index (χ1n) is 9.83. The van der Waals surface area contributed by atoms with Gasteiger partial charge in [0.05, 0.1) is 21.5 Å². The number of imidazole rings is 1. The number of alkyl halides is 3. The fourth-order valence-corrected chi connectivity index (χ4v) is 5.96. The molecule has 1 aliphatic heterocycles. The molecule has 1 aromatic carbocycles. The zero-order valence-corrected chi connectivity index (χ0v) is 17.8. The third-order valence-corrected chi connectivity index (χ3v) is 8.74. The van der Waals surface area contributed by atoms with E-state index in [9.17, 15) is 21.6 Å². The molecule has 0 radical (unpaired) electrons. The van der Waals surface area contributed by atoms with Crippen molar-refractivity contribution in [3.63, 3.8) is 0 Å². The SMILES string of the molecule is CC(C)(C1CCN(c2ncnc3nc[nH]c23)CC1)S(=O)(=O)c1cccc(C(F)(F)F)c1. The lowest BCUT2D eigenvalue weighted by molar-refractivity contribution is -0.137. The number of hydrogen-bond acceptors (Lipinski definition) is 6. The van der Waals surface area contributed by atoms with E-state index in [0.29, 0.717) is 37.4 Å². The van der Waals surface area contributed by atoms with Gasteiger partial charge in [0.2, 0.25) is 0 Å². The maximum absolute atomic E-state index is 13.3. The van der Waals surface area contributed by atoms with Gasteiger partial charge < -0.3 is 9.88 Å². The maximum atomic E-state index is 13.3. The van der Waals surface area contributed by atoms with Gasteiger partial charge >= 0.3 is 6.18 Å². The fraction of sp³-hybridized carbons (Fsp3) is 0.450. The standard InChI is InChI=1S/C20H22F3N5O2S/c1-19(2,31(29,30)15-5-3-4-14(10-15)20(21,22)23)13-6-8-28(9-7-13)18-16-17(25-11-24-16)26-12-27-18/h3-5,10-13H,6-9H2,1-2H3,(H,24,25,26,27). The van der Waals surface area contributed by atoms with E-state index in [2.05, 4.69) is 19.9 Å². The lowest BCUT2D eigenvalue weighted by atomic mass is 9.86. The molecular weight excluding hydrogens is 431 g/mol. The van der Waals surface area contributed by atoms with Crippen molar-refractivity contribution < 1.29 is 21.6 Å². The van der Waals surface area contributed by atoms with Crippen LogP contribution in [0.3, 0.4) is 0 Å². The molecule has 0 bridgehead atoms. The lowest BCUT2D eigenvalue weighted by Gasteiger charge is -2.40. The molecule has 4 rings (SSSR count). The fourth-order valence-electron chi connectivity index (χ4n) is 4.14. The zero-order chi connectivity index (χ0) is 22.4. The molecule has 1 saturated heterocycles. The molecule has 0 aliphatic carbocycles. The van der Waals surface area contributed by atoms with Gasteiger partial charge in [0, 0.05) is 13.1 Å². The molecule has 166 valence electrons. The van der Waals surface area contributed by atoms with Crippen LogP contribution in [0.25, 0.3) is 11.2 Å². The Morgan fingerprint density at radius 3 is 2.48 bits per heavy atom. The van der Waals surface area contributed by atoms with Crippen molar-refractivity contribution in [3.05, 3.63) is 42.5 Å². The minimum absolute atomic E-state index is 0.220. The van der Waals surface area contributed by atoms with Gasteiger partial charge in [-0.3, -0.25) is 0 Å². The average molecular weight is 453 g/mol. The Bertz CT molecular complexity index is 1200. The smallest absolute Gasteiger partial charge is 0.355 e. The first-order chi connectivity index (χ1) is 14.5. The topological polar surface area (TPSA) is 91.8 Å². The van der Waals surface area contributed by atoms with E-state index in [1.165, 1.54) is 12.4 Å². The minimum Gasteiger partial charge on any atom is -0.355 e. The molecular formula is C20H22F3N5O2S. The van der Waals surface area contributed by atoms with Crippen molar-refractivity contribution in [2.45, 2.75) is 42.5 Å². The molecule has 1 N–H and O–H groups in total.